The van der Waals surface area contributed by atoms with Crippen molar-refractivity contribution in [3.8, 4) is 17.1 Å². The Morgan fingerprint density at radius 2 is 1.67 bits per heavy atom. The molecule has 0 unspecified atom stereocenters. The summed E-state index contributed by atoms with van der Waals surface area (Å²) >= 11 is 0. The fourth-order valence-electron chi connectivity index (χ4n) is 2.37. The molecule has 0 bridgehead atoms. The molecule has 0 N–H and O–H groups in total. The smallest absolute Gasteiger partial charge is 0.224 e. The SMILES string of the molecule is Cc1ccc(-c2nc(C(F)(F)F)nn2-c2ccc(S(C)(=O)=O)cc2)cc1F. The van der Waals surface area contributed by atoms with Crippen LogP contribution in [0.1, 0.15) is 11.4 Å². The van der Waals surface area contributed by atoms with E-state index in [0.29, 0.717) is 5.56 Å². The summed E-state index contributed by atoms with van der Waals surface area (Å²) < 4.78 is 77.1. The summed E-state index contributed by atoms with van der Waals surface area (Å²) in [4.78, 5) is 3.52. The number of aromatic nitrogens is 3. The second kappa shape index (κ2) is 6.45. The van der Waals surface area contributed by atoms with Crippen LogP contribution in [0.3, 0.4) is 0 Å². The fourth-order valence-corrected chi connectivity index (χ4v) is 3.00. The van der Waals surface area contributed by atoms with Crippen molar-refractivity contribution in [3.63, 3.8) is 0 Å². The molecule has 1 aromatic heterocycles. The molecule has 0 spiro atoms. The predicted octanol–water partition coefficient (Wildman–Crippen LogP) is 3.80. The maximum Gasteiger partial charge on any atom is 0.453 e. The number of hydrogen-bond donors (Lipinski definition) is 0. The van der Waals surface area contributed by atoms with E-state index < -0.39 is 27.7 Å². The van der Waals surface area contributed by atoms with Crippen molar-refractivity contribution >= 4 is 9.84 Å². The molecule has 0 aliphatic carbocycles. The first-order valence-electron chi connectivity index (χ1n) is 7.58. The van der Waals surface area contributed by atoms with Crippen LogP contribution < -0.4 is 0 Å². The number of nitrogens with zero attached hydrogens (tertiary/aromatic N) is 3. The number of benzene rings is 2. The molecule has 0 radical (unpaired) electrons. The third-order valence-corrected chi connectivity index (χ3v) is 4.93. The molecule has 2 aromatic carbocycles. The van der Waals surface area contributed by atoms with Gasteiger partial charge in [-0.2, -0.15) is 13.2 Å². The van der Waals surface area contributed by atoms with Crippen LogP contribution in [0.4, 0.5) is 17.6 Å². The molecule has 3 aromatic rings. The van der Waals surface area contributed by atoms with E-state index in [2.05, 4.69) is 10.1 Å². The van der Waals surface area contributed by atoms with E-state index in [4.69, 9.17) is 0 Å². The van der Waals surface area contributed by atoms with Gasteiger partial charge in [-0.05, 0) is 42.8 Å². The van der Waals surface area contributed by atoms with Crippen molar-refractivity contribution in [2.45, 2.75) is 18.0 Å². The molecular weight excluding hydrogens is 386 g/mol. The average Bonchev–Trinajstić information content (AvgIpc) is 3.02. The summed E-state index contributed by atoms with van der Waals surface area (Å²) in [6.07, 6.45) is -3.78. The summed E-state index contributed by atoms with van der Waals surface area (Å²) in [5.41, 5.74) is 0.591. The molecule has 0 aliphatic rings. The predicted molar refractivity (Wildman–Crippen MR) is 89.6 cm³/mol. The lowest BCUT2D eigenvalue weighted by molar-refractivity contribution is -0.144. The number of halogens is 4. The Morgan fingerprint density at radius 3 is 2.19 bits per heavy atom. The topological polar surface area (TPSA) is 64.8 Å². The van der Waals surface area contributed by atoms with Crippen molar-refractivity contribution in [2.24, 2.45) is 0 Å². The minimum Gasteiger partial charge on any atom is -0.224 e. The number of sulfone groups is 1. The summed E-state index contributed by atoms with van der Waals surface area (Å²) in [7, 11) is -3.47. The van der Waals surface area contributed by atoms with E-state index >= 15 is 0 Å². The van der Waals surface area contributed by atoms with Crippen LogP contribution in [-0.2, 0) is 16.0 Å². The van der Waals surface area contributed by atoms with Crippen LogP contribution in [-0.4, -0.2) is 29.4 Å². The van der Waals surface area contributed by atoms with Gasteiger partial charge in [0.15, 0.2) is 15.7 Å². The molecule has 0 aliphatic heterocycles. The Morgan fingerprint density at radius 1 is 1.04 bits per heavy atom. The Kier molecular flexibility index (Phi) is 4.54. The van der Waals surface area contributed by atoms with Gasteiger partial charge in [-0.15, -0.1) is 5.10 Å². The van der Waals surface area contributed by atoms with Crippen LogP contribution in [0.15, 0.2) is 47.4 Å². The van der Waals surface area contributed by atoms with Crippen LogP contribution in [0, 0.1) is 12.7 Å². The second-order valence-electron chi connectivity index (χ2n) is 5.90. The van der Waals surface area contributed by atoms with Gasteiger partial charge >= 0.3 is 6.18 Å². The monoisotopic (exact) mass is 399 g/mol. The lowest BCUT2D eigenvalue weighted by atomic mass is 10.1. The average molecular weight is 399 g/mol. The van der Waals surface area contributed by atoms with Crippen molar-refractivity contribution in [1.29, 1.82) is 0 Å². The third-order valence-electron chi connectivity index (χ3n) is 3.80. The maximum absolute atomic E-state index is 13.9. The molecule has 3 rings (SSSR count). The standard InChI is InChI=1S/C17H13F4N3O2S/c1-10-3-4-11(9-14(10)18)15-22-16(17(19,20)21)23-24(15)12-5-7-13(8-6-12)27(2,25)26/h3-9H,1-2H3. The van der Waals surface area contributed by atoms with Crippen molar-refractivity contribution in [3.05, 3.63) is 59.7 Å². The molecule has 0 atom stereocenters. The summed E-state index contributed by atoms with van der Waals surface area (Å²) in [5, 5.41) is 3.48. The first-order valence-corrected chi connectivity index (χ1v) is 9.47. The van der Waals surface area contributed by atoms with Crippen LogP contribution in [0.2, 0.25) is 0 Å². The van der Waals surface area contributed by atoms with Gasteiger partial charge < -0.3 is 0 Å². The Balaban J connectivity index is 2.19. The number of rotatable bonds is 3. The van der Waals surface area contributed by atoms with E-state index in [9.17, 15) is 26.0 Å². The van der Waals surface area contributed by atoms with Gasteiger partial charge in [-0.3, -0.25) is 0 Å². The van der Waals surface area contributed by atoms with Crippen LogP contribution in [0.5, 0.6) is 0 Å². The van der Waals surface area contributed by atoms with Gasteiger partial charge in [0.2, 0.25) is 0 Å². The molecule has 0 saturated carbocycles. The molecule has 1 heterocycles. The highest BCUT2D eigenvalue weighted by Crippen LogP contribution is 2.31. The fraction of sp³-hybridized carbons (Fsp3) is 0.176. The molecule has 0 saturated heterocycles. The second-order valence-corrected chi connectivity index (χ2v) is 7.91. The minimum atomic E-state index is -4.80. The number of hydrogen-bond acceptors (Lipinski definition) is 4. The van der Waals surface area contributed by atoms with Crippen LogP contribution >= 0.6 is 0 Å². The minimum absolute atomic E-state index is 0.00494. The van der Waals surface area contributed by atoms with Gasteiger partial charge in [0.25, 0.3) is 5.82 Å². The van der Waals surface area contributed by atoms with Gasteiger partial charge in [0.05, 0.1) is 10.6 Å². The molecule has 10 heteroatoms. The lowest BCUT2D eigenvalue weighted by Crippen LogP contribution is -2.08. The highest BCUT2D eigenvalue weighted by atomic mass is 32.2. The number of alkyl halides is 3. The molecule has 142 valence electrons. The van der Waals surface area contributed by atoms with Gasteiger partial charge in [-0.25, -0.2) is 22.5 Å². The van der Waals surface area contributed by atoms with Gasteiger partial charge in [-0.1, -0.05) is 12.1 Å². The molecule has 0 fully saturated rings. The van der Waals surface area contributed by atoms with E-state index in [0.717, 1.165) is 17.0 Å². The summed E-state index contributed by atoms with van der Waals surface area (Å²) in [6.45, 7) is 1.52. The van der Waals surface area contributed by atoms with E-state index in [1.54, 1.807) is 0 Å². The maximum atomic E-state index is 13.9. The van der Waals surface area contributed by atoms with Crippen molar-refractivity contribution < 1.29 is 26.0 Å². The normalized spacial score (nSPS) is 12.4. The molecule has 5 nitrogen and oxygen atoms in total. The van der Waals surface area contributed by atoms with Gasteiger partial charge in [0, 0.05) is 11.8 Å². The zero-order valence-corrected chi connectivity index (χ0v) is 14.9. The third kappa shape index (κ3) is 3.85. The first kappa shape index (κ1) is 19.0. The van der Waals surface area contributed by atoms with E-state index in [1.165, 1.54) is 43.3 Å². The lowest BCUT2D eigenvalue weighted by Gasteiger charge is -2.07. The highest BCUT2D eigenvalue weighted by Gasteiger charge is 2.37. The zero-order valence-electron chi connectivity index (χ0n) is 14.1. The van der Waals surface area contributed by atoms with E-state index in [-0.39, 0.29) is 22.0 Å². The van der Waals surface area contributed by atoms with E-state index in [1.807, 2.05) is 0 Å². The quantitative estimate of drug-likeness (QED) is 0.629. The molecular formula is C17H13F4N3O2S. The number of aryl methyl sites for hydroxylation is 1. The van der Waals surface area contributed by atoms with Crippen LogP contribution in [0.25, 0.3) is 17.1 Å². The Bertz CT molecular complexity index is 1100. The van der Waals surface area contributed by atoms with Crippen molar-refractivity contribution in [2.75, 3.05) is 6.26 Å². The first-order chi connectivity index (χ1) is 12.5. The zero-order chi connectivity index (χ0) is 20.0. The highest BCUT2D eigenvalue weighted by molar-refractivity contribution is 7.90. The molecule has 27 heavy (non-hydrogen) atoms. The largest absolute Gasteiger partial charge is 0.453 e. The Labute approximate surface area is 152 Å². The Hall–Kier alpha value is -2.75. The molecule has 0 amide bonds. The van der Waals surface area contributed by atoms with Gasteiger partial charge in [0.1, 0.15) is 5.82 Å². The summed E-state index contributed by atoms with van der Waals surface area (Å²) in [6, 6.07) is 9.03. The summed E-state index contributed by atoms with van der Waals surface area (Å²) in [5.74, 6) is -2.19. The van der Waals surface area contributed by atoms with Crippen molar-refractivity contribution in [1.82, 2.24) is 14.8 Å².